The van der Waals surface area contributed by atoms with Crippen LogP contribution < -0.4 is 47.7 Å². The van der Waals surface area contributed by atoms with Gasteiger partial charge in [0.1, 0.15) is 0 Å². The Morgan fingerprint density at radius 3 is 0.979 bits per heavy atom. The van der Waals surface area contributed by atoms with Crippen molar-refractivity contribution < 1.29 is 61.9 Å². The molecule has 9 heteroatoms. The minimum atomic E-state index is 0. The SMILES string of the molecule is C1CCOC1.C1CCOC1.C1CCOC1.CC1=[NH+]Cc2ccc(cc2)C[N-]/C(C)=C\C(C)=[NH+]Cc2ccc(cc2)C[N-]/C(C)=C\1.[Li+].[Li+]. The van der Waals surface area contributed by atoms with Crippen LogP contribution in [0.5, 0.6) is 0 Å². The molecular weight excluding hydrogens is 574 g/mol. The topological polar surface area (TPSA) is 83.8 Å². The van der Waals surface area contributed by atoms with Crippen molar-refractivity contribution in [1.29, 1.82) is 0 Å². The maximum Gasteiger partial charge on any atom is 1.00 e. The predicted octanol–water partition coefficient (Wildman–Crippen LogP) is -0.563. The second-order valence-corrected chi connectivity index (χ2v) is 11.9. The quantitative estimate of drug-likeness (QED) is 0.383. The van der Waals surface area contributed by atoms with E-state index in [1.54, 1.807) is 0 Å². The molecule has 0 spiro atoms. The molecule has 0 atom stereocenters. The third kappa shape index (κ3) is 20.8. The molecule has 2 aromatic rings. The molecule has 7 aliphatic heterocycles. The number of hydrogen-bond acceptors (Lipinski definition) is 3. The monoisotopic (exact) mass is 630 g/mol. The molecule has 47 heavy (non-hydrogen) atoms. The van der Waals surface area contributed by atoms with Crippen LogP contribution in [0.1, 0.15) is 88.5 Å². The Kier molecular flexibility index (Phi) is 24.5. The van der Waals surface area contributed by atoms with Crippen molar-refractivity contribution in [3.8, 4) is 0 Å². The summed E-state index contributed by atoms with van der Waals surface area (Å²) in [4.78, 5) is 6.94. The molecule has 9 rings (SSSR count). The fourth-order valence-corrected chi connectivity index (χ4v) is 4.79. The molecule has 7 nitrogen and oxygen atoms in total. The van der Waals surface area contributed by atoms with Crippen LogP contribution in [0.3, 0.4) is 0 Å². The van der Waals surface area contributed by atoms with E-state index in [1.807, 2.05) is 13.8 Å². The normalized spacial score (nSPS) is 20.2. The van der Waals surface area contributed by atoms with Crippen LogP contribution in [0.4, 0.5) is 0 Å². The van der Waals surface area contributed by atoms with Crippen molar-refractivity contribution in [1.82, 2.24) is 0 Å². The van der Waals surface area contributed by atoms with Crippen molar-refractivity contribution >= 4 is 11.4 Å². The van der Waals surface area contributed by atoms with Gasteiger partial charge in [-0.1, -0.05) is 73.5 Å². The van der Waals surface area contributed by atoms with Crippen LogP contribution in [0.25, 0.3) is 10.6 Å². The van der Waals surface area contributed by atoms with E-state index in [0.717, 1.165) is 75.5 Å². The summed E-state index contributed by atoms with van der Waals surface area (Å²) in [6.45, 7) is 17.3. The summed E-state index contributed by atoms with van der Waals surface area (Å²) >= 11 is 0. The van der Waals surface area contributed by atoms with E-state index in [9.17, 15) is 0 Å². The Morgan fingerprint density at radius 2 is 0.723 bits per heavy atom. The van der Waals surface area contributed by atoms with Crippen molar-refractivity contribution in [3.63, 3.8) is 0 Å². The van der Waals surface area contributed by atoms with Crippen LogP contribution in [-0.2, 0) is 40.4 Å². The Hall–Kier alpha value is -2.07. The number of allylic oxidation sites excluding steroid dienone is 4. The number of nitrogens with zero attached hydrogens (tertiary/aromatic N) is 2. The number of benzene rings is 2. The fourth-order valence-electron chi connectivity index (χ4n) is 4.79. The summed E-state index contributed by atoms with van der Waals surface area (Å²) in [6, 6.07) is 17.3. The fraction of sp³-hybridized carbons (Fsp3) is 0.526. The van der Waals surface area contributed by atoms with Crippen molar-refractivity contribution in [2.45, 2.75) is 92.4 Å². The van der Waals surface area contributed by atoms with Gasteiger partial charge in [-0.3, -0.25) is 0 Å². The molecule has 0 unspecified atom stereocenters. The van der Waals surface area contributed by atoms with Gasteiger partial charge >= 0.3 is 37.7 Å². The summed E-state index contributed by atoms with van der Waals surface area (Å²) < 4.78 is 14.8. The molecule has 0 radical (unpaired) electrons. The predicted molar refractivity (Wildman–Crippen MR) is 185 cm³/mol. The Labute approximate surface area is 308 Å². The zero-order valence-corrected chi connectivity index (χ0v) is 30.2. The first kappa shape index (κ1) is 43.0. The minimum absolute atomic E-state index is 0. The molecule has 246 valence electrons. The van der Waals surface area contributed by atoms with Crippen LogP contribution >= 0.6 is 0 Å². The second-order valence-electron chi connectivity index (χ2n) is 11.9. The first-order valence-corrected chi connectivity index (χ1v) is 16.7. The van der Waals surface area contributed by atoms with E-state index in [0.29, 0.717) is 13.1 Å². The molecule has 0 amide bonds. The molecule has 2 aromatic carbocycles. The first-order valence-electron chi connectivity index (χ1n) is 16.7. The van der Waals surface area contributed by atoms with Gasteiger partial charge in [0.05, 0.1) is 0 Å². The van der Waals surface area contributed by atoms with Crippen molar-refractivity contribution in [3.05, 3.63) is 105 Å². The third-order valence-electron chi connectivity index (χ3n) is 7.54. The number of nitrogens with one attached hydrogen (secondary N) is 2. The van der Waals surface area contributed by atoms with Crippen LogP contribution in [0, 0.1) is 0 Å². The zero-order valence-electron chi connectivity index (χ0n) is 30.2. The summed E-state index contributed by atoms with van der Waals surface area (Å²) in [6.07, 6.45) is 11.9. The molecule has 4 bridgehead atoms. The summed E-state index contributed by atoms with van der Waals surface area (Å²) in [7, 11) is 0. The Morgan fingerprint density at radius 1 is 0.447 bits per heavy atom. The van der Waals surface area contributed by atoms with E-state index >= 15 is 0 Å². The third-order valence-corrected chi connectivity index (χ3v) is 7.54. The van der Waals surface area contributed by atoms with Gasteiger partial charge in [-0.25, -0.2) is 9.98 Å². The van der Waals surface area contributed by atoms with Crippen LogP contribution in [0.15, 0.2) is 72.1 Å². The molecule has 3 saturated heterocycles. The summed E-state index contributed by atoms with van der Waals surface area (Å²) in [5.74, 6) is 0. The summed E-state index contributed by atoms with van der Waals surface area (Å²) in [5.41, 5.74) is 9.23. The van der Waals surface area contributed by atoms with Gasteiger partial charge in [0, 0.05) is 64.6 Å². The number of rotatable bonds is 0. The summed E-state index contributed by atoms with van der Waals surface area (Å²) in [5, 5.41) is 9.41. The Bertz CT molecular complexity index is 1090. The maximum atomic E-state index is 4.94. The standard InChI is InChI=1S/C26H30N4.3C4H8O.2Li/c1-19-13-20(2)28-16-24-9-11-26(12-10-24)18-30-22(4)14-21(3)29-17-25-7-5-23(6-8-25)15-27-19;3*1-2-4-5-3-1;;/h5-14H,15-18H2,1-4H3;3*1-4H2;;/q-2;;;;2*+1/p+2/b19-13-,22-14-,28-20?,29-21?;;;;;. The molecule has 0 saturated carbocycles. The van der Waals surface area contributed by atoms with Gasteiger partial charge in [-0.2, -0.15) is 11.4 Å². The van der Waals surface area contributed by atoms with Crippen molar-refractivity contribution in [2.75, 3.05) is 39.6 Å². The largest absolute Gasteiger partial charge is 1.00 e. The average Bonchev–Trinajstić information content (AvgIpc) is 3.89. The molecule has 3 fully saturated rings. The zero-order chi connectivity index (χ0) is 32.0. The number of hydrogen-bond donors (Lipinski definition) is 2. The smallest absolute Gasteiger partial charge is 0.684 e. The van der Waals surface area contributed by atoms with Crippen LogP contribution in [0.2, 0.25) is 0 Å². The second kappa shape index (κ2) is 26.8. The van der Waals surface area contributed by atoms with Gasteiger partial charge in [0.15, 0.2) is 24.5 Å². The molecular formula is C38H56Li2N4O3+2. The van der Waals surface area contributed by atoms with Gasteiger partial charge in [0.2, 0.25) is 0 Å². The van der Waals surface area contributed by atoms with E-state index in [2.05, 4.69) is 84.5 Å². The van der Waals surface area contributed by atoms with Crippen LogP contribution in [-0.4, -0.2) is 51.1 Å². The van der Waals surface area contributed by atoms with E-state index in [4.69, 9.17) is 24.8 Å². The van der Waals surface area contributed by atoms with E-state index in [-0.39, 0.29) is 37.7 Å². The maximum absolute atomic E-state index is 4.94. The molecule has 7 heterocycles. The Balaban J connectivity index is 0.000000526. The average molecular weight is 631 g/mol. The minimum Gasteiger partial charge on any atom is -0.684 e. The van der Waals surface area contributed by atoms with E-state index < -0.39 is 0 Å². The van der Waals surface area contributed by atoms with Gasteiger partial charge in [-0.05, 0) is 50.7 Å². The molecule has 0 aromatic heterocycles. The van der Waals surface area contributed by atoms with Gasteiger partial charge in [-0.15, -0.1) is 13.1 Å². The first-order chi connectivity index (χ1) is 22.0. The molecule has 2 N–H and O–H groups in total. The van der Waals surface area contributed by atoms with Gasteiger partial charge < -0.3 is 24.8 Å². The van der Waals surface area contributed by atoms with Crippen molar-refractivity contribution in [2.24, 2.45) is 0 Å². The molecule has 7 aliphatic rings. The molecule has 0 aliphatic carbocycles. The van der Waals surface area contributed by atoms with Gasteiger partial charge in [0.25, 0.3) is 0 Å². The van der Waals surface area contributed by atoms with E-state index in [1.165, 1.54) is 60.8 Å². The number of ether oxygens (including phenoxy) is 3.